The van der Waals surface area contributed by atoms with Crippen molar-refractivity contribution in [1.29, 1.82) is 0 Å². The lowest BCUT2D eigenvalue weighted by atomic mass is 9.98. The number of ether oxygens (including phenoxy) is 1. The highest BCUT2D eigenvalue weighted by molar-refractivity contribution is 8.00. The maximum absolute atomic E-state index is 13.0. The molecule has 3 aliphatic rings. The number of piperidine rings is 1. The molecule has 2 aliphatic heterocycles. The van der Waals surface area contributed by atoms with E-state index in [9.17, 15) is 9.59 Å². The Morgan fingerprint density at radius 3 is 2.37 bits per heavy atom. The van der Waals surface area contributed by atoms with E-state index in [4.69, 9.17) is 4.74 Å². The van der Waals surface area contributed by atoms with E-state index in [0.717, 1.165) is 43.7 Å². The molecule has 1 aromatic rings. The SMILES string of the molecule is COc1ccc(C(=O)N2CCC3(CC2)SCCN3C(=O)C2CCCC2)cc1. The summed E-state index contributed by atoms with van der Waals surface area (Å²) in [6.07, 6.45) is 6.23. The predicted molar refractivity (Wildman–Crippen MR) is 107 cm³/mol. The molecule has 0 bridgehead atoms. The van der Waals surface area contributed by atoms with Gasteiger partial charge in [0.05, 0.1) is 12.0 Å². The molecule has 1 spiro atoms. The molecule has 3 fully saturated rings. The number of thioether (sulfide) groups is 1. The highest BCUT2D eigenvalue weighted by Gasteiger charge is 2.48. The third-order valence-electron chi connectivity index (χ3n) is 6.32. The Morgan fingerprint density at radius 1 is 1.07 bits per heavy atom. The molecule has 0 aromatic heterocycles. The van der Waals surface area contributed by atoms with Crippen LogP contribution in [0.5, 0.6) is 5.75 Å². The minimum absolute atomic E-state index is 0.0733. The van der Waals surface area contributed by atoms with Gasteiger partial charge in [-0.1, -0.05) is 12.8 Å². The van der Waals surface area contributed by atoms with Crippen LogP contribution in [0.25, 0.3) is 0 Å². The van der Waals surface area contributed by atoms with Gasteiger partial charge in [-0.3, -0.25) is 9.59 Å². The number of nitrogens with zero attached hydrogens (tertiary/aromatic N) is 2. The molecule has 0 radical (unpaired) electrons. The quantitative estimate of drug-likeness (QED) is 0.796. The number of rotatable bonds is 3. The van der Waals surface area contributed by atoms with Gasteiger partial charge in [0.1, 0.15) is 5.75 Å². The number of carbonyl (C=O) groups is 2. The van der Waals surface area contributed by atoms with Crippen molar-refractivity contribution in [2.24, 2.45) is 5.92 Å². The lowest BCUT2D eigenvalue weighted by Crippen LogP contribution is -2.54. The molecule has 27 heavy (non-hydrogen) atoms. The van der Waals surface area contributed by atoms with Crippen LogP contribution in [0.4, 0.5) is 0 Å². The van der Waals surface area contributed by atoms with Gasteiger partial charge >= 0.3 is 0 Å². The van der Waals surface area contributed by atoms with Crippen molar-refractivity contribution in [3.8, 4) is 5.75 Å². The molecule has 2 heterocycles. The van der Waals surface area contributed by atoms with Crippen LogP contribution < -0.4 is 4.74 Å². The standard InChI is InChI=1S/C21H28N2O3S/c1-26-18-8-6-17(7-9-18)19(24)22-12-10-21(11-13-22)23(14-15-27-21)20(25)16-4-2-3-5-16/h6-9,16H,2-5,10-15H2,1H3. The van der Waals surface area contributed by atoms with Crippen molar-refractivity contribution < 1.29 is 14.3 Å². The van der Waals surface area contributed by atoms with E-state index in [1.165, 1.54) is 12.8 Å². The van der Waals surface area contributed by atoms with Crippen LogP contribution in [-0.2, 0) is 4.79 Å². The van der Waals surface area contributed by atoms with E-state index >= 15 is 0 Å². The first-order valence-corrected chi connectivity index (χ1v) is 11.0. The monoisotopic (exact) mass is 388 g/mol. The number of benzene rings is 1. The molecular weight excluding hydrogens is 360 g/mol. The summed E-state index contributed by atoms with van der Waals surface area (Å²) in [5.74, 6) is 2.45. The van der Waals surface area contributed by atoms with Crippen molar-refractivity contribution in [3.63, 3.8) is 0 Å². The summed E-state index contributed by atoms with van der Waals surface area (Å²) in [7, 11) is 1.62. The Balaban J connectivity index is 1.41. The van der Waals surface area contributed by atoms with Gasteiger partial charge in [-0.2, -0.15) is 0 Å². The van der Waals surface area contributed by atoms with Crippen molar-refractivity contribution in [2.75, 3.05) is 32.5 Å². The van der Waals surface area contributed by atoms with E-state index in [0.29, 0.717) is 24.6 Å². The van der Waals surface area contributed by atoms with Crippen molar-refractivity contribution >= 4 is 23.6 Å². The molecule has 0 unspecified atom stereocenters. The molecule has 1 aliphatic carbocycles. The van der Waals surface area contributed by atoms with Gasteiger partial charge in [0.2, 0.25) is 5.91 Å². The zero-order valence-electron chi connectivity index (χ0n) is 16.0. The maximum Gasteiger partial charge on any atom is 0.253 e. The summed E-state index contributed by atoms with van der Waals surface area (Å²) < 4.78 is 5.17. The predicted octanol–water partition coefficient (Wildman–Crippen LogP) is 3.39. The van der Waals surface area contributed by atoms with Gasteiger partial charge in [0.25, 0.3) is 5.91 Å². The third-order valence-corrected chi connectivity index (χ3v) is 7.87. The minimum atomic E-state index is -0.0869. The van der Waals surface area contributed by atoms with Crippen LogP contribution in [-0.4, -0.2) is 59.0 Å². The second-order valence-electron chi connectivity index (χ2n) is 7.79. The summed E-state index contributed by atoms with van der Waals surface area (Å²) in [4.78, 5) is 29.9. The van der Waals surface area contributed by atoms with Crippen molar-refractivity contribution in [1.82, 2.24) is 9.80 Å². The van der Waals surface area contributed by atoms with Crippen LogP contribution in [0, 0.1) is 5.92 Å². The zero-order chi connectivity index (χ0) is 18.9. The van der Waals surface area contributed by atoms with Gasteiger partial charge in [0, 0.05) is 36.9 Å². The Bertz CT molecular complexity index is 692. The minimum Gasteiger partial charge on any atom is -0.497 e. The number of amides is 2. The van der Waals surface area contributed by atoms with E-state index in [1.54, 1.807) is 7.11 Å². The summed E-state index contributed by atoms with van der Waals surface area (Å²) in [5, 5.41) is 0. The highest BCUT2D eigenvalue weighted by atomic mass is 32.2. The summed E-state index contributed by atoms with van der Waals surface area (Å²) in [6, 6.07) is 7.30. The molecule has 1 aromatic carbocycles. The number of hydrogen-bond donors (Lipinski definition) is 0. The molecular formula is C21H28N2O3S. The average Bonchev–Trinajstić information content (AvgIpc) is 3.38. The van der Waals surface area contributed by atoms with Crippen LogP contribution in [0.15, 0.2) is 24.3 Å². The molecule has 6 heteroatoms. The number of hydrogen-bond acceptors (Lipinski definition) is 4. The molecule has 0 N–H and O–H groups in total. The van der Waals surface area contributed by atoms with E-state index < -0.39 is 0 Å². The number of carbonyl (C=O) groups excluding carboxylic acids is 2. The van der Waals surface area contributed by atoms with Gasteiger partial charge in [-0.25, -0.2) is 0 Å². The van der Waals surface area contributed by atoms with Crippen LogP contribution >= 0.6 is 11.8 Å². The summed E-state index contributed by atoms with van der Waals surface area (Å²) in [5.41, 5.74) is 0.699. The van der Waals surface area contributed by atoms with Crippen molar-refractivity contribution in [2.45, 2.75) is 43.4 Å². The third kappa shape index (κ3) is 3.56. The van der Waals surface area contributed by atoms with Crippen LogP contribution in [0.2, 0.25) is 0 Å². The van der Waals surface area contributed by atoms with Gasteiger partial charge in [-0.15, -0.1) is 11.8 Å². The molecule has 5 nitrogen and oxygen atoms in total. The fourth-order valence-electron chi connectivity index (χ4n) is 4.70. The maximum atomic E-state index is 13.0. The first-order valence-electron chi connectivity index (χ1n) is 10.0. The first kappa shape index (κ1) is 18.7. The first-order chi connectivity index (χ1) is 13.1. The topological polar surface area (TPSA) is 49.9 Å². The molecule has 2 amide bonds. The molecule has 2 saturated heterocycles. The highest BCUT2D eigenvalue weighted by Crippen LogP contribution is 2.45. The molecule has 0 atom stereocenters. The Morgan fingerprint density at radius 2 is 1.74 bits per heavy atom. The number of methoxy groups -OCH3 is 1. The lowest BCUT2D eigenvalue weighted by molar-refractivity contribution is -0.138. The largest absolute Gasteiger partial charge is 0.497 e. The van der Waals surface area contributed by atoms with Crippen LogP contribution in [0.1, 0.15) is 48.9 Å². The summed E-state index contributed by atoms with van der Waals surface area (Å²) >= 11 is 1.93. The Kier molecular flexibility index (Phi) is 5.35. The van der Waals surface area contributed by atoms with Gasteiger partial charge < -0.3 is 14.5 Å². The molecule has 146 valence electrons. The average molecular weight is 389 g/mol. The fraction of sp³-hybridized carbons (Fsp3) is 0.619. The smallest absolute Gasteiger partial charge is 0.253 e. The van der Waals surface area contributed by atoms with Gasteiger partial charge in [0.15, 0.2) is 0 Å². The fourth-order valence-corrected chi connectivity index (χ4v) is 6.16. The van der Waals surface area contributed by atoms with Crippen molar-refractivity contribution in [3.05, 3.63) is 29.8 Å². The Labute approximate surface area is 165 Å². The lowest BCUT2D eigenvalue weighted by Gasteiger charge is -2.44. The second-order valence-corrected chi connectivity index (χ2v) is 9.24. The van der Waals surface area contributed by atoms with E-state index in [2.05, 4.69) is 4.90 Å². The van der Waals surface area contributed by atoms with E-state index in [1.807, 2.05) is 40.9 Å². The molecule has 4 rings (SSSR count). The molecule has 1 saturated carbocycles. The zero-order valence-corrected chi connectivity index (χ0v) is 16.8. The second kappa shape index (κ2) is 7.74. The van der Waals surface area contributed by atoms with E-state index in [-0.39, 0.29) is 16.7 Å². The number of likely N-dealkylation sites (tertiary alicyclic amines) is 1. The van der Waals surface area contributed by atoms with Crippen LogP contribution in [0.3, 0.4) is 0 Å². The summed E-state index contributed by atoms with van der Waals surface area (Å²) in [6.45, 7) is 2.30. The van der Waals surface area contributed by atoms with Gasteiger partial charge in [-0.05, 0) is 49.9 Å². The normalized spacial score (nSPS) is 22.4. The Hall–Kier alpha value is -1.69.